The topological polar surface area (TPSA) is 17.1 Å². The molecule has 13 heavy (non-hydrogen) atoms. The van der Waals surface area contributed by atoms with Gasteiger partial charge in [0.05, 0.1) is 10.8 Å². The minimum absolute atomic E-state index is 0.0741. The molecule has 0 radical (unpaired) electrons. The molecule has 0 unspecified atom stereocenters. The summed E-state index contributed by atoms with van der Waals surface area (Å²) in [5, 5.41) is 0.508. The number of carbonyl (C=O) groups excluding carboxylic acids is 1. The van der Waals surface area contributed by atoms with Gasteiger partial charge in [-0.25, -0.2) is 0 Å². The van der Waals surface area contributed by atoms with E-state index < -0.39 is 0 Å². The van der Waals surface area contributed by atoms with Crippen LogP contribution in [0.4, 0.5) is 0 Å². The van der Waals surface area contributed by atoms with Crippen molar-refractivity contribution in [3.05, 3.63) is 33.3 Å². The van der Waals surface area contributed by atoms with E-state index in [1.165, 1.54) is 11.8 Å². The molecule has 0 saturated carbocycles. The van der Waals surface area contributed by atoms with Gasteiger partial charge in [-0.15, -0.1) is 0 Å². The lowest BCUT2D eigenvalue weighted by atomic mass is 10.1. The largest absolute Gasteiger partial charge is 0.293 e. The van der Waals surface area contributed by atoms with Crippen LogP contribution >= 0.6 is 39.3 Å². The van der Waals surface area contributed by atoms with Crippen molar-refractivity contribution < 1.29 is 4.79 Å². The second-order valence-electron chi connectivity index (χ2n) is 2.48. The van der Waals surface area contributed by atoms with E-state index in [-0.39, 0.29) is 5.78 Å². The van der Waals surface area contributed by atoms with E-state index in [4.69, 9.17) is 11.6 Å². The molecule has 0 aliphatic carbocycles. The van der Waals surface area contributed by atoms with Crippen LogP contribution in [0.15, 0.2) is 22.7 Å². The van der Waals surface area contributed by atoms with Crippen molar-refractivity contribution in [3.8, 4) is 0 Å². The van der Waals surface area contributed by atoms with E-state index in [1.54, 1.807) is 12.1 Å². The van der Waals surface area contributed by atoms with E-state index in [1.807, 2.05) is 12.3 Å². The summed E-state index contributed by atoms with van der Waals surface area (Å²) >= 11 is 10.7. The van der Waals surface area contributed by atoms with E-state index in [0.29, 0.717) is 16.3 Å². The number of rotatable bonds is 3. The molecule has 1 nitrogen and oxygen atoms in total. The minimum atomic E-state index is 0.0741. The minimum Gasteiger partial charge on any atom is -0.293 e. The van der Waals surface area contributed by atoms with Gasteiger partial charge in [-0.2, -0.15) is 11.8 Å². The SMILES string of the molecule is CSCC(=O)c1ccc(Br)cc1Cl. The highest BCUT2D eigenvalue weighted by molar-refractivity contribution is 9.10. The first kappa shape index (κ1) is 11.1. The summed E-state index contributed by atoms with van der Waals surface area (Å²) in [7, 11) is 0. The smallest absolute Gasteiger partial charge is 0.174 e. The zero-order valence-corrected chi connectivity index (χ0v) is 10.2. The molecule has 0 fully saturated rings. The van der Waals surface area contributed by atoms with E-state index in [9.17, 15) is 4.79 Å². The zero-order valence-electron chi connectivity index (χ0n) is 7.01. The summed E-state index contributed by atoms with van der Waals surface area (Å²) in [5.74, 6) is 0.548. The van der Waals surface area contributed by atoms with E-state index in [2.05, 4.69) is 15.9 Å². The molecule has 0 aliphatic rings. The first-order valence-electron chi connectivity index (χ1n) is 3.62. The van der Waals surface area contributed by atoms with Crippen LogP contribution in [-0.4, -0.2) is 17.8 Å². The Labute approximate surface area is 95.0 Å². The Morgan fingerprint density at radius 1 is 1.62 bits per heavy atom. The maximum Gasteiger partial charge on any atom is 0.174 e. The third-order valence-corrected chi connectivity index (χ3v) is 2.86. The summed E-state index contributed by atoms with van der Waals surface area (Å²) in [5.41, 5.74) is 0.596. The number of hydrogen-bond donors (Lipinski definition) is 0. The highest BCUT2D eigenvalue weighted by atomic mass is 79.9. The molecular weight excluding hydrogens is 272 g/mol. The van der Waals surface area contributed by atoms with Crippen LogP contribution in [-0.2, 0) is 0 Å². The van der Waals surface area contributed by atoms with Crippen molar-refractivity contribution in [2.45, 2.75) is 0 Å². The monoisotopic (exact) mass is 278 g/mol. The summed E-state index contributed by atoms with van der Waals surface area (Å²) in [6, 6.07) is 5.29. The Bertz CT molecular complexity index is 327. The fourth-order valence-corrected chi connectivity index (χ4v) is 2.12. The standard InChI is InChI=1S/C9H8BrClOS/c1-13-5-9(12)7-3-2-6(10)4-8(7)11/h2-4H,5H2,1H3. The van der Waals surface area contributed by atoms with Gasteiger partial charge in [-0.3, -0.25) is 4.79 Å². The Kier molecular flexibility index (Phi) is 4.29. The molecule has 1 aromatic carbocycles. The van der Waals surface area contributed by atoms with Crippen molar-refractivity contribution in [1.29, 1.82) is 0 Å². The Morgan fingerprint density at radius 3 is 2.85 bits per heavy atom. The summed E-state index contributed by atoms with van der Waals surface area (Å²) in [6.45, 7) is 0. The molecule has 0 spiro atoms. The second-order valence-corrected chi connectivity index (χ2v) is 4.67. The fourth-order valence-electron chi connectivity index (χ4n) is 0.924. The molecule has 0 saturated heterocycles. The van der Waals surface area contributed by atoms with Gasteiger partial charge >= 0.3 is 0 Å². The van der Waals surface area contributed by atoms with Crippen molar-refractivity contribution in [3.63, 3.8) is 0 Å². The number of carbonyl (C=O) groups is 1. The van der Waals surface area contributed by atoms with Crippen LogP contribution in [0.3, 0.4) is 0 Å². The van der Waals surface area contributed by atoms with Gasteiger partial charge in [0.15, 0.2) is 5.78 Å². The molecule has 0 heterocycles. The summed E-state index contributed by atoms with van der Waals surface area (Å²) in [4.78, 5) is 11.5. The molecular formula is C9H8BrClOS. The molecule has 1 rings (SSSR count). The maximum absolute atomic E-state index is 11.5. The average Bonchev–Trinajstić information content (AvgIpc) is 2.04. The van der Waals surface area contributed by atoms with Crippen LogP contribution in [0, 0.1) is 0 Å². The van der Waals surface area contributed by atoms with Crippen LogP contribution in [0.5, 0.6) is 0 Å². The lowest BCUT2D eigenvalue weighted by molar-refractivity contribution is 0.102. The van der Waals surface area contributed by atoms with Gasteiger partial charge in [0.1, 0.15) is 0 Å². The Balaban J connectivity index is 2.95. The van der Waals surface area contributed by atoms with Crippen molar-refractivity contribution in [1.82, 2.24) is 0 Å². The number of halogens is 2. The van der Waals surface area contributed by atoms with Crippen LogP contribution in [0.1, 0.15) is 10.4 Å². The van der Waals surface area contributed by atoms with Crippen LogP contribution < -0.4 is 0 Å². The molecule has 0 amide bonds. The van der Waals surface area contributed by atoms with E-state index in [0.717, 1.165) is 4.47 Å². The van der Waals surface area contributed by atoms with Gasteiger partial charge in [0, 0.05) is 10.0 Å². The zero-order chi connectivity index (χ0) is 9.84. The van der Waals surface area contributed by atoms with Crippen molar-refractivity contribution in [2.24, 2.45) is 0 Å². The summed E-state index contributed by atoms with van der Waals surface area (Å²) in [6.07, 6.45) is 1.89. The summed E-state index contributed by atoms with van der Waals surface area (Å²) < 4.78 is 0.887. The Morgan fingerprint density at radius 2 is 2.31 bits per heavy atom. The number of Topliss-reactive ketones (excluding diaryl/α,β-unsaturated/α-hetero) is 1. The highest BCUT2D eigenvalue weighted by Crippen LogP contribution is 2.22. The van der Waals surface area contributed by atoms with Crippen LogP contribution in [0.25, 0.3) is 0 Å². The molecule has 0 bridgehead atoms. The van der Waals surface area contributed by atoms with Crippen LogP contribution in [0.2, 0.25) is 5.02 Å². The number of benzene rings is 1. The molecule has 1 aromatic rings. The predicted molar refractivity (Wildman–Crippen MR) is 61.9 cm³/mol. The van der Waals surface area contributed by atoms with Gasteiger partial charge in [0.25, 0.3) is 0 Å². The first-order chi connectivity index (χ1) is 6.15. The maximum atomic E-state index is 11.5. The van der Waals surface area contributed by atoms with Crippen molar-refractivity contribution >= 4 is 45.1 Å². The molecule has 0 aromatic heterocycles. The fraction of sp³-hybridized carbons (Fsp3) is 0.222. The van der Waals surface area contributed by atoms with Gasteiger partial charge in [-0.05, 0) is 24.5 Å². The quantitative estimate of drug-likeness (QED) is 0.786. The molecule has 70 valence electrons. The van der Waals surface area contributed by atoms with Gasteiger partial charge in [0.2, 0.25) is 0 Å². The number of hydrogen-bond acceptors (Lipinski definition) is 2. The lowest BCUT2D eigenvalue weighted by Gasteiger charge is -2.01. The number of thioether (sulfide) groups is 1. The third kappa shape index (κ3) is 3.01. The average molecular weight is 280 g/mol. The lowest BCUT2D eigenvalue weighted by Crippen LogP contribution is -2.02. The molecule has 0 atom stereocenters. The molecule has 0 aliphatic heterocycles. The number of ketones is 1. The highest BCUT2D eigenvalue weighted by Gasteiger charge is 2.09. The predicted octanol–water partition coefficient (Wildman–Crippen LogP) is 3.65. The molecule has 0 N–H and O–H groups in total. The van der Waals surface area contributed by atoms with Gasteiger partial charge < -0.3 is 0 Å². The first-order valence-corrected chi connectivity index (χ1v) is 6.19. The molecule has 4 heteroatoms. The third-order valence-electron chi connectivity index (χ3n) is 1.51. The van der Waals surface area contributed by atoms with E-state index >= 15 is 0 Å². The Hall–Kier alpha value is 0.01000. The normalized spacial score (nSPS) is 10.1. The van der Waals surface area contributed by atoms with Gasteiger partial charge in [-0.1, -0.05) is 27.5 Å². The van der Waals surface area contributed by atoms with Crippen molar-refractivity contribution in [2.75, 3.05) is 12.0 Å². The second kappa shape index (κ2) is 5.03.